The zero-order valence-corrected chi connectivity index (χ0v) is 17.5. The number of benzene rings is 2. The highest BCUT2D eigenvalue weighted by Crippen LogP contribution is 2.25. The molecule has 1 N–H and O–H groups in total. The van der Waals surface area contributed by atoms with Gasteiger partial charge in [-0.1, -0.05) is 46.3 Å². The Kier molecular flexibility index (Phi) is 7.00. The first-order chi connectivity index (χ1) is 11.3. The van der Waals surface area contributed by atoms with E-state index < -0.39 is 10.0 Å². The summed E-state index contributed by atoms with van der Waals surface area (Å²) in [6.07, 6.45) is 0.776. The van der Waals surface area contributed by atoms with E-state index in [-0.39, 0.29) is 10.9 Å². The number of hydrogen-bond donors (Lipinski definition) is 1. The van der Waals surface area contributed by atoms with E-state index in [0.29, 0.717) is 11.0 Å². The topological polar surface area (TPSA) is 49.4 Å². The van der Waals surface area contributed by atoms with Crippen molar-refractivity contribution in [2.75, 3.05) is 20.6 Å². The summed E-state index contributed by atoms with van der Waals surface area (Å²) >= 11 is 6.64. The Bertz CT molecular complexity index is 780. The Balaban J connectivity index is 2.10. The van der Waals surface area contributed by atoms with E-state index in [1.54, 1.807) is 18.2 Å². The molecule has 0 saturated carbocycles. The summed E-state index contributed by atoms with van der Waals surface area (Å²) < 4.78 is 29.2. The van der Waals surface area contributed by atoms with E-state index in [4.69, 9.17) is 0 Å². The molecule has 0 heterocycles. The van der Waals surface area contributed by atoms with Crippen LogP contribution in [0.3, 0.4) is 0 Å². The molecule has 0 radical (unpaired) electrons. The minimum atomic E-state index is -3.57. The van der Waals surface area contributed by atoms with E-state index >= 15 is 0 Å². The van der Waals surface area contributed by atoms with Crippen LogP contribution < -0.4 is 4.72 Å². The number of sulfonamides is 1. The molecule has 0 bridgehead atoms. The SMILES string of the molecule is CN(C)C(CNS(=O)(=O)c1ccc(Br)cc1Br)Cc1ccccc1. The number of halogens is 2. The van der Waals surface area contributed by atoms with Crippen LogP contribution in [0, 0.1) is 0 Å². The van der Waals surface area contributed by atoms with Gasteiger partial charge in [0.05, 0.1) is 4.90 Å². The van der Waals surface area contributed by atoms with Crippen molar-refractivity contribution in [2.45, 2.75) is 17.4 Å². The Morgan fingerprint density at radius 2 is 1.75 bits per heavy atom. The fourth-order valence-corrected chi connectivity index (χ4v) is 5.12. The maximum atomic E-state index is 12.6. The summed E-state index contributed by atoms with van der Waals surface area (Å²) in [5, 5.41) is 0. The first-order valence-corrected chi connectivity index (χ1v) is 10.5. The summed E-state index contributed by atoms with van der Waals surface area (Å²) in [6, 6.07) is 15.1. The third-order valence-electron chi connectivity index (χ3n) is 3.74. The van der Waals surface area contributed by atoms with Crippen LogP contribution in [0.15, 0.2) is 62.4 Å². The van der Waals surface area contributed by atoms with Crippen LogP contribution in [-0.4, -0.2) is 40.0 Å². The van der Waals surface area contributed by atoms with Gasteiger partial charge in [0.25, 0.3) is 0 Å². The number of likely N-dealkylation sites (N-methyl/N-ethyl adjacent to an activating group) is 1. The van der Waals surface area contributed by atoms with Gasteiger partial charge >= 0.3 is 0 Å². The summed E-state index contributed by atoms with van der Waals surface area (Å²) in [4.78, 5) is 2.27. The standard InChI is InChI=1S/C17H20Br2N2O2S/c1-21(2)15(10-13-6-4-3-5-7-13)12-20-24(22,23)17-9-8-14(18)11-16(17)19/h3-9,11,15,20H,10,12H2,1-2H3. The van der Waals surface area contributed by atoms with Gasteiger partial charge in [-0.15, -0.1) is 0 Å². The second-order valence-electron chi connectivity index (χ2n) is 5.73. The Morgan fingerprint density at radius 1 is 1.08 bits per heavy atom. The zero-order chi connectivity index (χ0) is 17.7. The van der Waals surface area contributed by atoms with Crippen molar-refractivity contribution in [3.63, 3.8) is 0 Å². The molecule has 0 saturated heterocycles. The molecule has 2 rings (SSSR count). The van der Waals surface area contributed by atoms with Crippen molar-refractivity contribution in [1.82, 2.24) is 9.62 Å². The summed E-state index contributed by atoms with van der Waals surface area (Å²) in [5.41, 5.74) is 1.18. The molecule has 7 heteroatoms. The predicted molar refractivity (Wildman–Crippen MR) is 105 cm³/mol. The molecule has 1 unspecified atom stereocenters. The lowest BCUT2D eigenvalue weighted by atomic mass is 10.1. The van der Waals surface area contributed by atoms with Crippen LogP contribution in [0.2, 0.25) is 0 Å². The van der Waals surface area contributed by atoms with Gasteiger partial charge in [-0.05, 0) is 60.2 Å². The highest BCUT2D eigenvalue weighted by molar-refractivity contribution is 9.11. The smallest absolute Gasteiger partial charge is 0.241 e. The highest BCUT2D eigenvalue weighted by Gasteiger charge is 2.21. The summed E-state index contributed by atoms with van der Waals surface area (Å²) in [6.45, 7) is 0.340. The lowest BCUT2D eigenvalue weighted by Crippen LogP contribution is -2.41. The molecule has 2 aromatic carbocycles. The van der Waals surface area contributed by atoms with Crippen LogP contribution in [0.1, 0.15) is 5.56 Å². The quantitative estimate of drug-likeness (QED) is 0.664. The maximum Gasteiger partial charge on any atom is 0.241 e. The fourth-order valence-electron chi connectivity index (χ4n) is 2.30. The lowest BCUT2D eigenvalue weighted by Gasteiger charge is -2.25. The third kappa shape index (κ3) is 5.39. The van der Waals surface area contributed by atoms with Gasteiger partial charge in [-0.2, -0.15) is 0 Å². The average molecular weight is 476 g/mol. The lowest BCUT2D eigenvalue weighted by molar-refractivity contribution is 0.291. The van der Waals surface area contributed by atoms with Gasteiger partial charge in [-0.25, -0.2) is 13.1 Å². The van der Waals surface area contributed by atoms with Crippen LogP contribution in [0.25, 0.3) is 0 Å². The van der Waals surface area contributed by atoms with Gasteiger partial charge in [0.1, 0.15) is 0 Å². The molecule has 2 aromatic rings. The molecule has 0 fully saturated rings. The number of hydrogen-bond acceptors (Lipinski definition) is 3. The molecule has 0 aliphatic rings. The van der Waals surface area contributed by atoms with Gasteiger partial charge < -0.3 is 4.90 Å². The summed E-state index contributed by atoms with van der Waals surface area (Å²) in [7, 11) is 0.339. The van der Waals surface area contributed by atoms with Crippen molar-refractivity contribution < 1.29 is 8.42 Å². The first-order valence-electron chi connectivity index (χ1n) is 7.44. The molecule has 0 amide bonds. The van der Waals surface area contributed by atoms with E-state index in [0.717, 1.165) is 10.9 Å². The van der Waals surface area contributed by atoms with Crippen molar-refractivity contribution in [2.24, 2.45) is 0 Å². The van der Waals surface area contributed by atoms with Crippen LogP contribution in [-0.2, 0) is 16.4 Å². The van der Waals surface area contributed by atoms with Crippen molar-refractivity contribution in [3.8, 4) is 0 Å². The van der Waals surface area contributed by atoms with E-state index in [2.05, 4.69) is 48.7 Å². The molecular formula is C17H20Br2N2O2S. The first kappa shape index (κ1) is 19.6. The minimum Gasteiger partial charge on any atom is -0.305 e. The van der Waals surface area contributed by atoms with Crippen LogP contribution in [0.4, 0.5) is 0 Å². The Hall–Kier alpha value is -0.730. The second-order valence-corrected chi connectivity index (χ2v) is 9.24. The van der Waals surface area contributed by atoms with Gasteiger partial charge in [0.2, 0.25) is 10.0 Å². The number of rotatable bonds is 7. The van der Waals surface area contributed by atoms with Crippen molar-refractivity contribution in [3.05, 3.63) is 63.0 Å². The van der Waals surface area contributed by atoms with Crippen molar-refractivity contribution >= 4 is 41.9 Å². The molecule has 4 nitrogen and oxygen atoms in total. The molecule has 0 aliphatic heterocycles. The monoisotopic (exact) mass is 474 g/mol. The van der Waals surface area contributed by atoms with Gasteiger partial charge in [-0.3, -0.25) is 0 Å². The second kappa shape index (κ2) is 8.58. The fraction of sp³-hybridized carbons (Fsp3) is 0.294. The zero-order valence-electron chi connectivity index (χ0n) is 13.5. The number of nitrogens with one attached hydrogen (secondary N) is 1. The Labute approximate surface area is 160 Å². The number of nitrogens with zero attached hydrogens (tertiary/aromatic N) is 1. The van der Waals surface area contributed by atoms with Crippen LogP contribution in [0.5, 0.6) is 0 Å². The molecular weight excluding hydrogens is 456 g/mol. The van der Waals surface area contributed by atoms with E-state index in [1.807, 2.05) is 37.2 Å². The van der Waals surface area contributed by atoms with Crippen molar-refractivity contribution in [1.29, 1.82) is 0 Å². The van der Waals surface area contributed by atoms with E-state index in [9.17, 15) is 8.42 Å². The minimum absolute atomic E-state index is 0.0661. The predicted octanol–water partition coefficient (Wildman–Crippen LogP) is 3.66. The molecule has 0 spiro atoms. The maximum absolute atomic E-state index is 12.6. The summed E-state index contributed by atoms with van der Waals surface area (Å²) in [5.74, 6) is 0. The largest absolute Gasteiger partial charge is 0.305 e. The molecule has 0 aliphatic carbocycles. The molecule has 130 valence electrons. The third-order valence-corrected chi connectivity index (χ3v) is 6.63. The normalized spacial score (nSPS) is 13.2. The molecule has 1 atom stereocenters. The molecule has 24 heavy (non-hydrogen) atoms. The van der Waals surface area contributed by atoms with Gasteiger partial charge in [0.15, 0.2) is 0 Å². The molecule has 0 aromatic heterocycles. The average Bonchev–Trinajstić information content (AvgIpc) is 2.51. The van der Waals surface area contributed by atoms with E-state index in [1.165, 1.54) is 5.56 Å². The van der Waals surface area contributed by atoms with Crippen LogP contribution >= 0.6 is 31.9 Å². The highest BCUT2D eigenvalue weighted by atomic mass is 79.9. The van der Waals surface area contributed by atoms with Gasteiger partial charge in [0, 0.05) is 21.5 Å². The Morgan fingerprint density at radius 3 is 2.33 bits per heavy atom.